The number of benzene rings is 2. The monoisotopic (exact) mass is 268 g/mol. The Bertz CT molecular complexity index is 631. The van der Waals surface area contributed by atoms with Gasteiger partial charge in [0.15, 0.2) is 0 Å². The number of aryl methyl sites for hydroxylation is 1. The first-order valence-electron chi connectivity index (χ1n) is 6.60. The van der Waals surface area contributed by atoms with E-state index >= 15 is 0 Å². The minimum Gasteiger partial charge on any atom is -0.484 e. The SMILES string of the molecule is COC(=O)[C@@H]1c2ccccc2O[C@H]1c1ccc(C)cc1. The summed E-state index contributed by atoms with van der Waals surface area (Å²) in [5.74, 6) is 0.0907. The predicted molar refractivity (Wildman–Crippen MR) is 75.7 cm³/mol. The van der Waals surface area contributed by atoms with Crippen molar-refractivity contribution in [1.29, 1.82) is 0 Å². The molecule has 0 aromatic heterocycles. The summed E-state index contributed by atoms with van der Waals surface area (Å²) in [5, 5.41) is 0. The highest BCUT2D eigenvalue weighted by Gasteiger charge is 2.41. The van der Waals surface area contributed by atoms with Crippen molar-refractivity contribution in [3.05, 3.63) is 65.2 Å². The van der Waals surface area contributed by atoms with Crippen LogP contribution in [0.3, 0.4) is 0 Å². The number of hydrogen-bond donors (Lipinski definition) is 0. The van der Waals surface area contributed by atoms with Gasteiger partial charge in [0.1, 0.15) is 17.8 Å². The van der Waals surface area contributed by atoms with Gasteiger partial charge < -0.3 is 9.47 Å². The molecule has 0 amide bonds. The maximum Gasteiger partial charge on any atom is 0.317 e. The van der Waals surface area contributed by atoms with E-state index < -0.39 is 5.92 Å². The number of methoxy groups -OCH3 is 1. The minimum atomic E-state index is -0.404. The molecule has 3 heteroatoms. The molecule has 3 rings (SSSR count). The zero-order chi connectivity index (χ0) is 14.1. The summed E-state index contributed by atoms with van der Waals surface area (Å²) in [6.45, 7) is 2.03. The van der Waals surface area contributed by atoms with Gasteiger partial charge in [-0.2, -0.15) is 0 Å². The molecule has 0 aliphatic carbocycles. The van der Waals surface area contributed by atoms with Gasteiger partial charge >= 0.3 is 5.97 Å². The maximum absolute atomic E-state index is 12.1. The van der Waals surface area contributed by atoms with Crippen molar-refractivity contribution in [2.75, 3.05) is 7.11 Å². The lowest BCUT2D eigenvalue weighted by Gasteiger charge is -2.17. The summed E-state index contributed by atoms with van der Waals surface area (Å²) >= 11 is 0. The first-order valence-corrected chi connectivity index (χ1v) is 6.60. The summed E-state index contributed by atoms with van der Waals surface area (Å²) in [5.41, 5.74) is 3.06. The number of rotatable bonds is 2. The van der Waals surface area contributed by atoms with E-state index in [-0.39, 0.29) is 12.1 Å². The summed E-state index contributed by atoms with van der Waals surface area (Å²) in [7, 11) is 1.41. The molecular formula is C17H16O3. The average molecular weight is 268 g/mol. The molecule has 3 nitrogen and oxygen atoms in total. The number of fused-ring (bicyclic) bond motifs is 1. The van der Waals surface area contributed by atoms with Crippen LogP contribution in [-0.2, 0) is 9.53 Å². The second kappa shape index (κ2) is 5.00. The van der Waals surface area contributed by atoms with Crippen LogP contribution in [0, 0.1) is 6.92 Å². The van der Waals surface area contributed by atoms with Gasteiger partial charge in [-0.1, -0.05) is 48.0 Å². The second-order valence-electron chi connectivity index (χ2n) is 4.99. The fourth-order valence-corrected chi connectivity index (χ4v) is 2.61. The Labute approximate surface area is 118 Å². The quantitative estimate of drug-likeness (QED) is 0.783. The molecule has 0 N–H and O–H groups in total. The molecule has 0 saturated heterocycles. The largest absolute Gasteiger partial charge is 0.484 e. The lowest BCUT2D eigenvalue weighted by atomic mass is 9.91. The molecule has 2 aromatic carbocycles. The molecule has 2 atom stereocenters. The van der Waals surface area contributed by atoms with Gasteiger partial charge in [-0.3, -0.25) is 4.79 Å². The highest BCUT2D eigenvalue weighted by molar-refractivity contribution is 5.81. The van der Waals surface area contributed by atoms with Crippen molar-refractivity contribution < 1.29 is 14.3 Å². The molecule has 2 aromatic rings. The second-order valence-corrected chi connectivity index (χ2v) is 4.99. The van der Waals surface area contributed by atoms with E-state index in [9.17, 15) is 4.79 Å². The van der Waals surface area contributed by atoms with Gasteiger partial charge in [0.05, 0.1) is 7.11 Å². The highest BCUT2D eigenvalue weighted by Crippen LogP contribution is 2.46. The van der Waals surface area contributed by atoms with E-state index in [0.717, 1.165) is 16.9 Å². The van der Waals surface area contributed by atoms with E-state index in [1.54, 1.807) is 0 Å². The lowest BCUT2D eigenvalue weighted by Crippen LogP contribution is -2.20. The standard InChI is InChI=1S/C17H16O3/c1-11-7-9-12(10-8-11)16-15(17(18)19-2)13-5-3-4-6-14(13)20-16/h3-10,15-16H,1-2H3/t15-,16+/m1/s1. The third-order valence-corrected chi connectivity index (χ3v) is 3.67. The average Bonchev–Trinajstić information content (AvgIpc) is 2.86. The van der Waals surface area contributed by atoms with Crippen LogP contribution in [0.25, 0.3) is 0 Å². The Balaban J connectivity index is 2.03. The van der Waals surface area contributed by atoms with Crippen molar-refractivity contribution in [3.63, 3.8) is 0 Å². The minimum absolute atomic E-state index is 0.263. The lowest BCUT2D eigenvalue weighted by molar-refractivity contribution is -0.144. The normalized spacial score (nSPS) is 20.1. The van der Waals surface area contributed by atoms with Crippen molar-refractivity contribution in [3.8, 4) is 5.75 Å². The summed E-state index contributed by atoms with van der Waals surface area (Å²) < 4.78 is 10.9. The fraction of sp³-hybridized carbons (Fsp3) is 0.235. The summed E-state index contributed by atoms with van der Waals surface area (Å²) in [6.07, 6.45) is -0.319. The van der Waals surface area contributed by atoms with Crippen molar-refractivity contribution >= 4 is 5.97 Å². The molecular weight excluding hydrogens is 252 g/mol. The molecule has 0 spiro atoms. The van der Waals surface area contributed by atoms with Crippen LogP contribution >= 0.6 is 0 Å². The summed E-state index contributed by atoms with van der Waals surface area (Å²) in [4.78, 5) is 12.1. The van der Waals surface area contributed by atoms with Gasteiger partial charge in [0.2, 0.25) is 0 Å². The van der Waals surface area contributed by atoms with Crippen LogP contribution in [0.2, 0.25) is 0 Å². The molecule has 20 heavy (non-hydrogen) atoms. The Morgan fingerprint density at radius 3 is 2.50 bits per heavy atom. The molecule has 0 radical (unpaired) electrons. The third-order valence-electron chi connectivity index (χ3n) is 3.67. The Kier molecular flexibility index (Phi) is 3.18. The molecule has 0 saturated carbocycles. The van der Waals surface area contributed by atoms with E-state index in [4.69, 9.17) is 9.47 Å². The molecule has 1 aliphatic heterocycles. The van der Waals surface area contributed by atoms with Crippen LogP contribution in [0.4, 0.5) is 0 Å². The van der Waals surface area contributed by atoms with Gasteiger partial charge in [-0.05, 0) is 18.6 Å². The zero-order valence-corrected chi connectivity index (χ0v) is 11.5. The predicted octanol–water partition coefficient (Wildman–Crippen LogP) is 3.39. The number of hydrogen-bond acceptors (Lipinski definition) is 3. The molecule has 0 fully saturated rings. The fourth-order valence-electron chi connectivity index (χ4n) is 2.61. The van der Waals surface area contributed by atoms with Crippen molar-refractivity contribution in [1.82, 2.24) is 0 Å². The number of esters is 1. The van der Waals surface area contributed by atoms with E-state index in [1.807, 2.05) is 55.5 Å². The van der Waals surface area contributed by atoms with Crippen molar-refractivity contribution in [2.24, 2.45) is 0 Å². The van der Waals surface area contributed by atoms with Crippen molar-refractivity contribution in [2.45, 2.75) is 18.9 Å². The van der Waals surface area contributed by atoms with E-state index in [0.29, 0.717) is 0 Å². The van der Waals surface area contributed by atoms with E-state index in [1.165, 1.54) is 12.7 Å². The van der Waals surface area contributed by atoms with Gasteiger partial charge in [0.25, 0.3) is 0 Å². The number of carbonyl (C=O) groups is 1. The molecule has 0 bridgehead atoms. The molecule has 1 heterocycles. The van der Waals surface area contributed by atoms with Gasteiger partial charge in [-0.15, -0.1) is 0 Å². The first kappa shape index (κ1) is 12.7. The van der Waals surface area contributed by atoms with Crippen LogP contribution in [0.1, 0.15) is 28.7 Å². The van der Waals surface area contributed by atoms with Crippen LogP contribution in [-0.4, -0.2) is 13.1 Å². The number of para-hydroxylation sites is 1. The Hall–Kier alpha value is -2.29. The Morgan fingerprint density at radius 1 is 1.10 bits per heavy atom. The van der Waals surface area contributed by atoms with Crippen LogP contribution in [0.5, 0.6) is 5.75 Å². The van der Waals surface area contributed by atoms with Crippen LogP contribution < -0.4 is 4.74 Å². The smallest absolute Gasteiger partial charge is 0.317 e. The molecule has 0 unspecified atom stereocenters. The topological polar surface area (TPSA) is 35.5 Å². The number of carbonyl (C=O) groups excluding carboxylic acids is 1. The molecule has 102 valence electrons. The van der Waals surface area contributed by atoms with Gasteiger partial charge in [-0.25, -0.2) is 0 Å². The third kappa shape index (κ3) is 2.05. The summed E-state index contributed by atoms with van der Waals surface area (Å²) in [6, 6.07) is 15.7. The highest BCUT2D eigenvalue weighted by atomic mass is 16.5. The molecule has 1 aliphatic rings. The maximum atomic E-state index is 12.1. The Morgan fingerprint density at radius 2 is 1.80 bits per heavy atom. The van der Waals surface area contributed by atoms with E-state index in [2.05, 4.69) is 0 Å². The number of ether oxygens (including phenoxy) is 2. The zero-order valence-electron chi connectivity index (χ0n) is 11.5. The van der Waals surface area contributed by atoms with Crippen LogP contribution in [0.15, 0.2) is 48.5 Å². The first-order chi connectivity index (χ1) is 9.70. The van der Waals surface area contributed by atoms with Gasteiger partial charge in [0, 0.05) is 5.56 Å².